The van der Waals surface area contributed by atoms with E-state index in [0.717, 1.165) is 12.8 Å². The van der Waals surface area contributed by atoms with Crippen LogP contribution in [0, 0.1) is 24.7 Å². The molecule has 1 saturated heterocycles. The third-order valence-electron chi connectivity index (χ3n) is 5.46. The number of aliphatic carboxylic acids is 1. The zero-order chi connectivity index (χ0) is 16.6. The van der Waals surface area contributed by atoms with Crippen molar-refractivity contribution in [2.24, 2.45) is 17.8 Å². The molecule has 0 aromatic heterocycles. The molecule has 3 rings (SSSR count). The van der Waals surface area contributed by atoms with E-state index in [2.05, 4.69) is 26.0 Å². The fourth-order valence-corrected chi connectivity index (χ4v) is 3.94. The Bertz CT molecular complexity index is 608. The SMILES string of the molecule is Cc1ccccc1C(C)CC(=O)N1C[C@H](C(=O)O)[C@@H](C2CC2)C1. The summed E-state index contributed by atoms with van der Waals surface area (Å²) in [5, 5.41) is 9.42. The monoisotopic (exact) mass is 315 g/mol. The van der Waals surface area contributed by atoms with E-state index in [1.807, 2.05) is 12.1 Å². The number of benzene rings is 1. The first kappa shape index (κ1) is 16.0. The Morgan fingerprint density at radius 2 is 1.96 bits per heavy atom. The number of aryl methyl sites for hydroxylation is 1. The third-order valence-corrected chi connectivity index (χ3v) is 5.46. The average Bonchev–Trinajstić information content (AvgIpc) is 3.25. The van der Waals surface area contributed by atoms with E-state index in [-0.39, 0.29) is 23.7 Å². The van der Waals surface area contributed by atoms with Gasteiger partial charge in [0.2, 0.25) is 5.91 Å². The lowest BCUT2D eigenvalue weighted by Crippen LogP contribution is -2.30. The average molecular weight is 315 g/mol. The van der Waals surface area contributed by atoms with Gasteiger partial charge in [0.15, 0.2) is 0 Å². The van der Waals surface area contributed by atoms with E-state index in [9.17, 15) is 14.7 Å². The van der Waals surface area contributed by atoms with Crippen molar-refractivity contribution in [2.45, 2.75) is 39.0 Å². The zero-order valence-corrected chi connectivity index (χ0v) is 13.9. The number of nitrogens with zero attached hydrogens (tertiary/aromatic N) is 1. The number of carboxylic acids is 1. The maximum atomic E-state index is 12.6. The Kier molecular flexibility index (Phi) is 4.42. The smallest absolute Gasteiger partial charge is 0.308 e. The van der Waals surface area contributed by atoms with Crippen LogP contribution in [-0.2, 0) is 9.59 Å². The lowest BCUT2D eigenvalue weighted by molar-refractivity contribution is -0.142. The van der Waals surface area contributed by atoms with Gasteiger partial charge in [0.05, 0.1) is 5.92 Å². The van der Waals surface area contributed by atoms with Crippen molar-refractivity contribution in [1.82, 2.24) is 4.90 Å². The molecule has 1 aromatic rings. The number of carboxylic acid groups (broad SMARTS) is 1. The number of likely N-dealkylation sites (tertiary alicyclic amines) is 1. The van der Waals surface area contributed by atoms with Crippen LogP contribution in [0.25, 0.3) is 0 Å². The first-order chi connectivity index (χ1) is 11.0. The molecule has 1 heterocycles. The van der Waals surface area contributed by atoms with Crippen LogP contribution in [0.3, 0.4) is 0 Å². The van der Waals surface area contributed by atoms with Crippen LogP contribution in [0.1, 0.15) is 43.2 Å². The summed E-state index contributed by atoms with van der Waals surface area (Å²) in [6, 6.07) is 8.15. The van der Waals surface area contributed by atoms with Crippen LogP contribution in [-0.4, -0.2) is 35.0 Å². The lowest BCUT2D eigenvalue weighted by atomic mass is 9.92. The van der Waals surface area contributed by atoms with Gasteiger partial charge in [-0.05, 0) is 48.6 Å². The van der Waals surface area contributed by atoms with Crippen LogP contribution < -0.4 is 0 Å². The van der Waals surface area contributed by atoms with E-state index >= 15 is 0 Å². The van der Waals surface area contributed by atoms with Crippen molar-refractivity contribution in [2.75, 3.05) is 13.1 Å². The first-order valence-corrected chi connectivity index (χ1v) is 8.53. The molecule has 1 unspecified atom stereocenters. The molecule has 23 heavy (non-hydrogen) atoms. The van der Waals surface area contributed by atoms with Gasteiger partial charge in [-0.2, -0.15) is 0 Å². The molecule has 0 bridgehead atoms. The third kappa shape index (κ3) is 3.41. The van der Waals surface area contributed by atoms with E-state index in [1.54, 1.807) is 4.90 Å². The summed E-state index contributed by atoms with van der Waals surface area (Å²) in [5.41, 5.74) is 2.40. The van der Waals surface area contributed by atoms with Crippen molar-refractivity contribution in [1.29, 1.82) is 0 Å². The van der Waals surface area contributed by atoms with Crippen LogP contribution >= 0.6 is 0 Å². The summed E-state index contributed by atoms with van der Waals surface area (Å²) in [4.78, 5) is 25.9. The minimum Gasteiger partial charge on any atom is -0.481 e. The predicted molar refractivity (Wildman–Crippen MR) is 88.1 cm³/mol. The minimum atomic E-state index is -0.746. The second kappa shape index (κ2) is 6.34. The summed E-state index contributed by atoms with van der Waals surface area (Å²) in [7, 11) is 0. The molecule has 4 heteroatoms. The quantitative estimate of drug-likeness (QED) is 0.908. The Labute approximate surface area is 137 Å². The van der Waals surface area contributed by atoms with Gasteiger partial charge in [0, 0.05) is 19.5 Å². The molecule has 4 nitrogen and oxygen atoms in total. The maximum absolute atomic E-state index is 12.6. The summed E-state index contributed by atoms with van der Waals surface area (Å²) >= 11 is 0. The van der Waals surface area contributed by atoms with Gasteiger partial charge >= 0.3 is 5.97 Å². The van der Waals surface area contributed by atoms with Crippen LogP contribution in [0.4, 0.5) is 0 Å². The van der Waals surface area contributed by atoms with E-state index < -0.39 is 5.97 Å². The molecule has 2 aliphatic rings. The molecule has 1 aliphatic carbocycles. The lowest BCUT2D eigenvalue weighted by Gasteiger charge is -2.20. The summed E-state index contributed by atoms with van der Waals surface area (Å²) in [6.45, 7) is 5.15. The van der Waals surface area contributed by atoms with E-state index in [4.69, 9.17) is 0 Å². The number of rotatable bonds is 5. The highest BCUT2D eigenvalue weighted by atomic mass is 16.4. The molecule has 1 saturated carbocycles. The molecule has 124 valence electrons. The number of hydrogen-bond donors (Lipinski definition) is 1. The van der Waals surface area contributed by atoms with Crippen molar-refractivity contribution in [3.8, 4) is 0 Å². The number of hydrogen-bond acceptors (Lipinski definition) is 2. The van der Waals surface area contributed by atoms with Crippen LogP contribution in [0.5, 0.6) is 0 Å². The van der Waals surface area contributed by atoms with E-state index in [1.165, 1.54) is 11.1 Å². The Morgan fingerprint density at radius 1 is 1.26 bits per heavy atom. The molecular formula is C19H25NO3. The van der Waals surface area contributed by atoms with Gasteiger partial charge in [-0.1, -0.05) is 31.2 Å². The fourth-order valence-electron chi connectivity index (χ4n) is 3.94. The van der Waals surface area contributed by atoms with Crippen LogP contribution in [0.15, 0.2) is 24.3 Å². The summed E-state index contributed by atoms with van der Waals surface area (Å²) < 4.78 is 0. The topological polar surface area (TPSA) is 57.6 Å². The zero-order valence-electron chi connectivity index (χ0n) is 13.9. The Hall–Kier alpha value is -1.84. The molecule has 1 aliphatic heterocycles. The van der Waals surface area contributed by atoms with Gasteiger partial charge < -0.3 is 10.0 Å². The van der Waals surface area contributed by atoms with Gasteiger partial charge in [0.1, 0.15) is 0 Å². The van der Waals surface area contributed by atoms with Gasteiger partial charge in [-0.15, -0.1) is 0 Å². The second-order valence-corrected chi connectivity index (χ2v) is 7.21. The summed E-state index contributed by atoms with van der Waals surface area (Å²) in [6.07, 6.45) is 2.70. The molecule has 1 amide bonds. The van der Waals surface area contributed by atoms with Crippen molar-refractivity contribution >= 4 is 11.9 Å². The van der Waals surface area contributed by atoms with Crippen molar-refractivity contribution < 1.29 is 14.7 Å². The van der Waals surface area contributed by atoms with E-state index in [0.29, 0.717) is 25.4 Å². The molecule has 2 fully saturated rings. The van der Waals surface area contributed by atoms with Gasteiger partial charge in [0.25, 0.3) is 0 Å². The Morgan fingerprint density at radius 3 is 2.57 bits per heavy atom. The fraction of sp³-hybridized carbons (Fsp3) is 0.579. The highest BCUT2D eigenvalue weighted by molar-refractivity contribution is 5.79. The highest BCUT2D eigenvalue weighted by Gasteiger charge is 2.46. The van der Waals surface area contributed by atoms with Gasteiger partial charge in [-0.25, -0.2) is 0 Å². The van der Waals surface area contributed by atoms with Gasteiger partial charge in [-0.3, -0.25) is 9.59 Å². The normalized spacial score (nSPS) is 25.4. The predicted octanol–water partition coefficient (Wildman–Crippen LogP) is 3.06. The molecule has 3 atom stereocenters. The summed E-state index contributed by atoms with van der Waals surface area (Å²) in [5.74, 6) is -0.195. The molecular weight excluding hydrogens is 290 g/mol. The highest BCUT2D eigenvalue weighted by Crippen LogP contribution is 2.44. The molecule has 1 aromatic carbocycles. The maximum Gasteiger partial charge on any atom is 0.308 e. The second-order valence-electron chi connectivity index (χ2n) is 7.21. The Balaban J connectivity index is 1.64. The molecule has 0 spiro atoms. The van der Waals surface area contributed by atoms with Crippen LogP contribution in [0.2, 0.25) is 0 Å². The minimum absolute atomic E-state index is 0.0927. The molecule has 1 N–H and O–H groups in total. The standard InChI is InChI=1S/C19H25NO3/c1-12-5-3-4-6-15(12)13(2)9-18(21)20-10-16(14-7-8-14)17(11-20)19(22)23/h3-6,13-14,16-17H,7-11H2,1-2H3,(H,22,23)/t13?,16-,17+/m1/s1. The van der Waals surface area contributed by atoms with Crippen molar-refractivity contribution in [3.63, 3.8) is 0 Å². The van der Waals surface area contributed by atoms with Crippen molar-refractivity contribution in [3.05, 3.63) is 35.4 Å². The number of amides is 1. The first-order valence-electron chi connectivity index (χ1n) is 8.53. The number of carbonyl (C=O) groups excluding carboxylic acids is 1. The largest absolute Gasteiger partial charge is 0.481 e. The molecule has 0 radical (unpaired) electrons. The number of carbonyl (C=O) groups is 2.